The summed E-state index contributed by atoms with van der Waals surface area (Å²) >= 11 is 0. The summed E-state index contributed by atoms with van der Waals surface area (Å²) in [6.45, 7) is 13.4. The van der Waals surface area contributed by atoms with Gasteiger partial charge in [-0.2, -0.15) is 0 Å². The number of rotatable bonds is 7. The standard InChI is InChI=1S/C15H28O5/c1-11(16)8-13(17)18-9-12(20-15(5,6)7)10-19-14(2,3)4/h12H,8-10H2,1-7H3. The first-order valence-corrected chi connectivity index (χ1v) is 6.86. The highest BCUT2D eigenvalue weighted by molar-refractivity contribution is 5.94. The molecule has 0 N–H and O–H groups in total. The number of ether oxygens (including phenoxy) is 3. The fourth-order valence-electron chi connectivity index (χ4n) is 1.40. The van der Waals surface area contributed by atoms with Gasteiger partial charge in [-0.15, -0.1) is 0 Å². The Balaban J connectivity index is 4.38. The van der Waals surface area contributed by atoms with E-state index in [-0.39, 0.29) is 36.1 Å². The molecule has 0 fully saturated rings. The minimum Gasteiger partial charge on any atom is -0.462 e. The van der Waals surface area contributed by atoms with E-state index in [0.29, 0.717) is 6.61 Å². The summed E-state index contributed by atoms with van der Waals surface area (Å²) in [5, 5.41) is 0. The van der Waals surface area contributed by atoms with Crippen molar-refractivity contribution >= 4 is 11.8 Å². The molecule has 1 unspecified atom stereocenters. The van der Waals surface area contributed by atoms with Crippen LogP contribution in [0, 0.1) is 0 Å². The van der Waals surface area contributed by atoms with Crippen LogP contribution in [0.1, 0.15) is 54.9 Å². The van der Waals surface area contributed by atoms with E-state index in [4.69, 9.17) is 14.2 Å². The Hall–Kier alpha value is -0.940. The summed E-state index contributed by atoms with van der Waals surface area (Å²) < 4.78 is 16.5. The molecule has 0 radical (unpaired) electrons. The lowest BCUT2D eigenvalue weighted by Gasteiger charge is -2.29. The van der Waals surface area contributed by atoms with Crippen LogP contribution in [0.25, 0.3) is 0 Å². The number of Topliss-reactive ketones (excluding diaryl/α,β-unsaturated/α-hetero) is 1. The van der Waals surface area contributed by atoms with Gasteiger partial charge in [0, 0.05) is 0 Å². The second kappa shape index (κ2) is 7.74. The van der Waals surface area contributed by atoms with Crippen molar-refractivity contribution in [2.75, 3.05) is 13.2 Å². The highest BCUT2D eigenvalue weighted by Gasteiger charge is 2.23. The Morgan fingerprint density at radius 2 is 1.50 bits per heavy atom. The van der Waals surface area contributed by atoms with Gasteiger partial charge < -0.3 is 14.2 Å². The minimum absolute atomic E-state index is 0.0828. The molecule has 0 aromatic heterocycles. The topological polar surface area (TPSA) is 61.8 Å². The molecule has 0 aliphatic rings. The zero-order chi connectivity index (χ0) is 16.0. The van der Waals surface area contributed by atoms with Crippen molar-refractivity contribution in [1.82, 2.24) is 0 Å². The van der Waals surface area contributed by atoms with Gasteiger partial charge >= 0.3 is 5.97 Å². The van der Waals surface area contributed by atoms with E-state index < -0.39 is 5.97 Å². The van der Waals surface area contributed by atoms with Crippen molar-refractivity contribution in [1.29, 1.82) is 0 Å². The van der Waals surface area contributed by atoms with Gasteiger partial charge in [0.1, 0.15) is 24.9 Å². The average Bonchev–Trinajstić information content (AvgIpc) is 2.18. The molecule has 0 heterocycles. The smallest absolute Gasteiger partial charge is 0.313 e. The summed E-state index contributed by atoms with van der Waals surface area (Å²) in [5.74, 6) is -0.745. The summed E-state index contributed by atoms with van der Waals surface area (Å²) in [7, 11) is 0. The molecule has 0 rings (SSSR count). The number of carbonyl (C=O) groups is 2. The van der Waals surface area contributed by atoms with Crippen LogP contribution in [0.15, 0.2) is 0 Å². The van der Waals surface area contributed by atoms with Gasteiger partial charge in [-0.25, -0.2) is 0 Å². The van der Waals surface area contributed by atoms with Gasteiger partial charge in [-0.3, -0.25) is 9.59 Å². The maximum atomic E-state index is 11.4. The molecule has 5 heteroatoms. The van der Waals surface area contributed by atoms with Crippen LogP contribution in [0.5, 0.6) is 0 Å². The maximum absolute atomic E-state index is 11.4. The Labute approximate surface area is 122 Å². The first-order valence-electron chi connectivity index (χ1n) is 6.86. The molecule has 0 aromatic carbocycles. The van der Waals surface area contributed by atoms with E-state index in [2.05, 4.69) is 0 Å². The van der Waals surface area contributed by atoms with E-state index in [0.717, 1.165) is 0 Å². The molecule has 0 amide bonds. The van der Waals surface area contributed by atoms with Gasteiger partial charge in [0.15, 0.2) is 0 Å². The molecule has 0 bridgehead atoms. The van der Waals surface area contributed by atoms with Gasteiger partial charge in [0.25, 0.3) is 0 Å². The van der Waals surface area contributed by atoms with E-state index in [1.165, 1.54) is 6.92 Å². The summed E-state index contributed by atoms with van der Waals surface area (Å²) in [6, 6.07) is 0. The predicted molar refractivity (Wildman–Crippen MR) is 76.6 cm³/mol. The monoisotopic (exact) mass is 288 g/mol. The van der Waals surface area contributed by atoms with Crippen LogP contribution >= 0.6 is 0 Å². The van der Waals surface area contributed by atoms with E-state index in [9.17, 15) is 9.59 Å². The third-order valence-electron chi connectivity index (χ3n) is 2.05. The van der Waals surface area contributed by atoms with E-state index >= 15 is 0 Å². The van der Waals surface area contributed by atoms with Gasteiger partial charge in [-0.05, 0) is 48.5 Å². The second-order valence-electron chi connectivity index (χ2n) is 6.84. The zero-order valence-electron chi connectivity index (χ0n) is 13.7. The van der Waals surface area contributed by atoms with Crippen LogP contribution in [-0.2, 0) is 23.8 Å². The summed E-state index contributed by atoms with van der Waals surface area (Å²) in [5.41, 5.74) is -0.651. The second-order valence-corrected chi connectivity index (χ2v) is 6.84. The molecule has 0 aliphatic heterocycles. The molecule has 0 aliphatic carbocycles. The lowest BCUT2D eigenvalue weighted by atomic mass is 10.1. The highest BCUT2D eigenvalue weighted by atomic mass is 16.6. The molecular weight excluding hydrogens is 260 g/mol. The van der Waals surface area contributed by atoms with Gasteiger partial charge in [-0.1, -0.05) is 0 Å². The van der Waals surface area contributed by atoms with Gasteiger partial charge in [0.05, 0.1) is 17.8 Å². The first kappa shape index (κ1) is 19.1. The highest BCUT2D eigenvalue weighted by Crippen LogP contribution is 2.15. The Morgan fingerprint density at radius 1 is 0.950 bits per heavy atom. The van der Waals surface area contributed by atoms with Crippen LogP contribution in [-0.4, -0.2) is 42.3 Å². The normalized spacial score (nSPS) is 13.9. The van der Waals surface area contributed by atoms with E-state index in [1.807, 2.05) is 41.5 Å². The van der Waals surface area contributed by atoms with Gasteiger partial charge in [0.2, 0.25) is 0 Å². The number of hydrogen-bond acceptors (Lipinski definition) is 5. The van der Waals surface area contributed by atoms with Crippen LogP contribution in [0.2, 0.25) is 0 Å². The average molecular weight is 288 g/mol. The van der Waals surface area contributed by atoms with Crippen LogP contribution in [0.3, 0.4) is 0 Å². The SMILES string of the molecule is CC(=O)CC(=O)OCC(COC(C)(C)C)OC(C)(C)C. The van der Waals surface area contributed by atoms with E-state index in [1.54, 1.807) is 0 Å². The third-order valence-corrected chi connectivity index (χ3v) is 2.05. The first-order chi connectivity index (χ1) is 8.89. The molecule has 118 valence electrons. The zero-order valence-corrected chi connectivity index (χ0v) is 13.7. The molecule has 0 saturated carbocycles. The Morgan fingerprint density at radius 3 is 1.90 bits per heavy atom. The minimum atomic E-state index is -0.532. The Kier molecular flexibility index (Phi) is 7.38. The van der Waals surface area contributed by atoms with Crippen molar-refractivity contribution in [2.45, 2.75) is 72.2 Å². The lowest BCUT2D eigenvalue weighted by Crippen LogP contribution is -2.37. The molecule has 0 saturated heterocycles. The number of ketones is 1. The predicted octanol–water partition coefficient (Wildman–Crippen LogP) is 2.51. The van der Waals surface area contributed by atoms with Crippen molar-refractivity contribution in [3.05, 3.63) is 0 Å². The van der Waals surface area contributed by atoms with Crippen molar-refractivity contribution in [3.8, 4) is 0 Å². The molecule has 5 nitrogen and oxygen atoms in total. The largest absolute Gasteiger partial charge is 0.462 e. The summed E-state index contributed by atoms with van der Waals surface area (Å²) in [6.07, 6.45) is -0.562. The molecule has 0 aromatic rings. The van der Waals surface area contributed by atoms with Crippen molar-refractivity contribution in [3.63, 3.8) is 0 Å². The molecule has 0 spiro atoms. The fourth-order valence-corrected chi connectivity index (χ4v) is 1.40. The quantitative estimate of drug-likeness (QED) is 0.532. The van der Waals surface area contributed by atoms with Crippen molar-refractivity contribution in [2.24, 2.45) is 0 Å². The molecule has 1 atom stereocenters. The van der Waals surface area contributed by atoms with Crippen LogP contribution < -0.4 is 0 Å². The summed E-state index contributed by atoms with van der Waals surface area (Å²) in [4.78, 5) is 22.2. The van der Waals surface area contributed by atoms with Crippen molar-refractivity contribution < 1.29 is 23.8 Å². The molecule has 20 heavy (non-hydrogen) atoms. The van der Waals surface area contributed by atoms with Crippen LogP contribution in [0.4, 0.5) is 0 Å². The number of hydrogen-bond donors (Lipinski definition) is 0. The number of carbonyl (C=O) groups excluding carboxylic acids is 2. The Bertz CT molecular complexity index is 322. The number of esters is 1. The third kappa shape index (κ3) is 12.1. The molecular formula is C15H28O5. The lowest BCUT2D eigenvalue weighted by molar-refractivity contribution is -0.163. The fraction of sp³-hybridized carbons (Fsp3) is 0.867. The maximum Gasteiger partial charge on any atom is 0.313 e.